The van der Waals surface area contributed by atoms with Gasteiger partial charge in [-0.25, -0.2) is 4.79 Å². The summed E-state index contributed by atoms with van der Waals surface area (Å²) in [5, 5.41) is 10.4. The second kappa shape index (κ2) is 6.04. The van der Waals surface area contributed by atoms with Crippen LogP contribution >= 0.6 is 11.3 Å². The standard InChI is InChI=1S/C9H14F3N5OS/c1-3-17(4-9(10,11)12)8(18)14-5(2)6-15-16-7(13)19-6/h5H,3-4H2,1-2H3,(H2,13,16)(H,14,18)/t5-/m0/s1. The normalized spacial score (nSPS) is 13.1. The molecule has 0 unspecified atom stereocenters. The Kier molecular flexibility index (Phi) is 4.92. The van der Waals surface area contributed by atoms with Gasteiger partial charge in [0.2, 0.25) is 5.13 Å². The van der Waals surface area contributed by atoms with Crippen molar-refractivity contribution in [3.63, 3.8) is 0 Å². The van der Waals surface area contributed by atoms with Crippen LogP contribution in [0.2, 0.25) is 0 Å². The maximum Gasteiger partial charge on any atom is 0.406 e. The van der Waals surface area contributed by atoms with E-state index in [2.05, 4.69) is 15.5 Å². The lowest BCUT2D eigenvalue weighted by molar-refractivity contribution is -0.139. The number of hydrogen-bond acceptors (Lipinski definition) is 5. The van der Waals surface area contributed by atoms with Crippen LogP contribution in [0.1, 0.15) is 24.9 Å². The van der Waals surface area contributed by atoms with Gasteiger partial charge in [0.1, 0.15) is 11.6 Å². The number of anilines is 1. The van der Waals surface area contributed by atoms with E-state index in [1.54, 1.807) is 6.92 Å². The molecule has 108 valence electrons. The van der Waals surface area contributed by atoms with Gasteiger partial charge in [-0.2, -0.15) is 13.2 Å². The van der Waals surface area contributed by atoms with E-state index in [0.29, 0.717) is 9.91 Å². The molecule has 3 N–H and O–H groups in total. The van der Waals surface area contributed by atoms with Crippen molar-refractivity contribution < 1.29 is 18.0 Å². The zero-order valence-corrected chi connectivity index (χ0v) is 11.2. The number of amides is 2. The van der Waals surface area contributed by atoms with Crippen LogP contribution in [0.3, 0.4) is 0 Å². The van der Waals surface area contributed by atoms with E-state index >= 15 is 0 Å². The van der Waals surface area contributed by atoms with Crippen molar-refractivity contribution in [2.24, 2.45) is 0 Å². The molecule has 1 rings (SSSR count). The van der Waals surface area contributed by atoms with Crippen LogP contribution in [0.15, 0.2) is 0 Å². The molecule has 2 amide bonds. The highest BCUT2D eigenvalue weighted by Gasteiger charge is 2.32. The molecule has 0 aliphatic heterocycles. The summed E-state index contributed by atoms with van der Waals surface area (Å²) in [5.74, 6) is 0. The average Bonchev–Trinajstić information content (AvgIpc) is 2.71. The molecule has 6 nitrogen and oxygen atoms in total. The molecule has 1 aromatic heterocycles. The number of urea groups is 1. The van der Waals surface area contributed by atoms with Crippen molar-refractivity contribution in [3.8, 4) is 0 Å². The van der Waals surface area contributed by atoms with E-state index < -0.39 is 24.8 Å². The van der Waals surface area contributed by atoms with Crippen molar-refractivity contribution in [1.82, 2.24) is 20.4 Å². The van der Waals surface area contributed by atoms with Gasteiger partial charge in [-0.15, -0.1) is 10.2 Å². The Morgan fingerprint density at radius 3 is 2.58 bits per heavy atom. The van der Waals surface area contributed by atoms with Crippen molar-refractivity contribution >= 4 is 22.5 Å². The fourth-order valence-corrected chi connectivity index (χ4v) is 1.92. The third-order valence-electron chi connectivity index (χ3n) is 2.21. The molecule has 0 saturated heterocycles. The van der Waals surface area contributed by atoms with Gasteiger partial charge in [0, 0.05) is 6.54 Å². The van der Waals surface area contributed by atoms with E-state index in [-0.39, 0.29) is 11.7 Å². The molecule has 0 aliphatic rings. The van der Waals surface area contributed by atoms with E-state index in [1.807, 2.05) is 0 Å². The molecule has 0 bridgehead atoms. The molecule has 1 heterocycles. The van der Waals surface area contributed by atoms with Crippen LogP contribution in [0, 0.1) is 0 Å². The van der Waals surface area contributed by atoms with Crippen molar-refractivity contribution in [2.75, 3.05) is 18.8 Å². The number of nitrogens with one attached hydrogen (secondary N) is 1. The Morgan fingerprint density at radius 2 is 2.16 bits per heavy atom. The maximum atomic E-state index is 12.3. The molecule has 1 atom stereocenters. The van der Waals surface area contributed by atoms with Crippen LogP contribution in [0.25, 0.3) is 0 Å². The smallest absolute Gasteiger partial charge is 0.374 e. The Balaban J connectivity index is 2.62. The minimum absolute atomic E-state index is 0.0453. The number of carbonyl (C=O) groups excluding carboxylic acids is 1. The largest absolute Gasteiger partial charge is 0.406 e. The Morgan fingerprint density at radius 1 is 1.53 bits per heavy atom. The number of nitrogens with two attached hydrogens (primary N) is 1. The lowest BCUT2D eigenvalue weighted by Gasteiger charge is -2.24. The Bertz CT molecular complexity index is 436. The molecular weight excluding hydrogens is 283 g/mol. The molecule has 19 heavy (non-hydrogen) atoms. The molecule has 1 aromatic rings. The third-order valence-corrected chi connectivity index (χ3v) is 3.14. The molecule has 0 spiro atoms. The lowest BCUT2D eigenvalue weighted by Crippen LogP contribution is -2.45. The molecule has 0 aliphatic carbocycles. The highest BCUT2D eigenvalue weighted by atomic mass is 32.1. The van der Waals surface area contributed by atoms with Crippen molar-refractivity contribution in [2.45, 2.75) is 26.1 Å². The molecular formula is C9H14F3N5OS. The van der Waals surface area contributed by atoms with Crippen molar-refractivity contribution in [3.05, 3.63) is 5.01 Å². The first-order valence-corrected chi connectivity index (χ1v) is 6.25. The number of nitrogens with zero attached hydrogens (tertiary/aromatic N) is 3. The number of aromatic nitrogens is 2. The number of alkyl halides is 3. The summed E-state index contributed by atoms with van der Waals surface area (Å²) >= 11 is 1.07. The van der Waals surface area contributed by atoms with Crippen LogP contribution < -0.4 is 11.1 Å². The number of nitrogen functional groups attached to an aromatic ring is 1. The quantitative estimate of drug-likeness (QED) is 0.887. The second-order valence-corrected chi connectivity index (χ2v) is 4.82. The first-order valence-electron chi connectivity index (χ1n) is 5.44. The first kappa shape index (κ1) is 15.5. The van der Waals surface area contributed by atoms with Crippen LogP contribution in [0.5, 0.6) is 0 Å². The van der Waals surface area contributed by atoms with E-state index in [4.69, 9.17) is 5.73 Å². The predicted octanol–water partition coefficient (Wildman–Crippen LogP) is 1.78. The minimum atomic E-state index is -4.43. The molecule has 10 heteroatoms. The molecule has 0 radical (unpaired) electrons. The van der Waals surface area contributed by atoms with E-state index in [0.717, 1.165) is 11.3 Å². The monoisotopic (exact) mass is 297 g/mol. The fraction of sp³-hybridized carbons (Fsp3) is 0.667. The van der Waals surface area contributed by atoms with E-state index in [1.165, 1.54) is 6.92 Å². The third kappa shape index (κ3) is 4.89. The SMILES string of the molecule is CCN(CC(F)(F)F)C(=O)N[C@@H](C)c1nnc(N)s1. The zero-order chi connectivity index (χ0) is 14.6. The predicted molar refractivity (Wildman–Crippen MR) is 64.6 cm³/mol. The van der Waals surface area contributed by atoms with Crippen LogP contribution in [-0.4, -0.2) is 40.4 Å². The fourth-order valence-electron chi connectivity index (χ4n) is 1.30. The van der Waals surface area contributed by atoms with Gasteiger partial charge >= 0.3 is 12.2 Å². The number of halogens is 3. The zero-order valence-electron chi connectivity index (χ0n) is 10.4. The van der Waals surface area contributed by atoms with Gasteiger partial charge in [0.05, 0.1) is 6.04 Å². The second-order valence-electron chi connectivity index (χ2n) is 3.78. The van der Waals surface area contributed by atoms with Gasteiger partial charge < -0.3 is 16.0 Å². The summed E-state index contributed by atoms with van der Waals surface area (Å²) < 4.78 is 36.8. The highest BCUT2D eigenvalue weighted by Crippen LogP contribution is 2.20. The summed E-state index contributed by atoms with van der Waals surface area (Å²) in [7, 11) is 0. The molecule has 0 fully saturated rings. The minimum Gasteiger partial charge on any atom is -0.374 e. The van der Waals surface area contributed by atoms with Gasteiger partial charge in [0.25, 0.3) is 0 Å². The average molecular weight is 297 g/mol. The summed E-state index contributed by atoms with van der Waals surface area (Å²) in [6.07, 6.45) is -4.43. The van der Waals surface area contributed by atoms with Gasteiger partial charge in [0.15, 0.2) is 0 Å². The first-order chi connectivity index (χ1) is 8.73. The number of rotatable bonds is 4. The topological polar surface area (TPSA) is 84.1 Å². The van der Waals surface area contributed by atoms with E-state index in [9.17, 15) is 18.0 Å². The summed E-state index contributed by atoms with van der Waals surface area (Å²) in [6, 6.07) is -1.36. The summed E-state index contributed by atoms with van der Waals surface area (Å²) in [4.78, 5) is 12.4. The molecule has 0 aromatic carbocycles. The van der Waals surface area contributed by atoms with Crippen molar-refractivity contribution in [1.29, 1.82) is 0 Å². The van der Waals surface area contributed by atoms with Gasteiger partial charge in [-0.05, 0) is 13.8 Å². The maximum absolute atomic E-state index is 12.3. The number of carbonyl (C=O) groups is 1. The summed E-state index contributed by atoms with van der Waals surface area (Å²) in [6.45, 7) is 1.73. The Labute approximate surface area is 111 Å². The van der Waals surface area contributed by atoms with Gasteiger partial charge in [-0.3, -0.25) is 0 Å². The van der Waals surface area contributed by atoms with Crippen LogP contribution in [-0.2, 0) is 0 Å². The lowest BCUT2D eigenvalue weighted by atomic mass is 10.3. The van der Waals surface area contributed by atoms with Gasteiger partial charge in [-0.1, -0.05) is 11.3 Å². The summed E-state index contributed by atoms with van der Waals surface area (Å²) in [5.41, 5.74) is 5.39. The highest BCUT2D eigenvalue weighted by molar-refractivity contribution is 7.15. The van der Waals surface area contributed by atoms with Crippen LogP contribution in [0.4, 0.5) is 23.1 Å². The molecule has 0 saturated carbocycles. The Hall–Kier alpha value is -1.58. The number of hydrogen-bond donors (Lipinski definition) is 2.